The third-order valence-electron chi connectivity index (χ3n) is 0. The Balaban J connectivity index is 0. The zero-order valence-corrected chi connectivity index (χ0v) is 9.20. The van der Waals surface area contributed by atoms with Crippen molar-refractivity contribution in [3.8, 4) is 0 Å². The molecule has 6 heavy (non-hydrogen) atoms. The third-order valence-corrected chi connectivity index (χ3v) is 0. The van der Waals surface area contributed by atoms with E-state index in [0.717, 1.165) is 0 Å². The topological polar surface area (TPSA) is 0 Å². The second-order valence-corrected chi connectivity index (χ2v) is 20.0. The van der Waals surface area contributed by atoms with Gasteiger partial charge in [-0.15, -0.1) is 0 Å². The first-order valence-electron chi connectivity index (χ1n) is 0.756. The van der Waals surface area contributed by atoms with Crippen molar-refractivity contribution >= 4 is 49.6 Å². The zero-order chi connectivity index (χ0) is 4.50. The van der Waals surface area contributed by atoms with E-state index in [4.69, 9.17) is 40.0 Å². The minimum absolute atomic E-state index is 0. The first-order valence-corrected chi connectivity index (χ1v) is 11.8. The monoisotopic (exact) mass is 262 g/mol. The molecule has 0 heterocycles. The van der Waals surface area contributed by atoms with Gasteiger partial charge in [-0.05, 0) is 0 Å². The largest absolute Gasteiger partial charge is 0 e. The van der Waals surface area contributed by atoms with E-state index in [2.05, 4.69) is 0 Å². The molecule has 0 aromatic carbocycles. The fourth-order valence-electron chi connectivity index (χ4n) is 0. The molecule has 0 saturated heterocycles. The van der Waals surface area contributed by atoms with Crippen molar-refractivity contribution in [2.75, 3.05) is 0 Å². The fraction of sp³-hybridized carbons (Fsp3) is 0. The molecule has 0 aliphatic carbocycles. The molecule has 0 aromatic heterocycles. The summed E-state index contributed by atoms with van der Waals surface area (Å²) in [6.07, 6.45) is 0. The summed E-state index contributed by atoms with van der Waals surface area (Å²) in [7, 11) is 16.9. The van der Waals surface area contributed by atoms with Gasteiger partial charge in [0.2, 0.25) is 0 Å². The van der Waals surface area contributed by atoms with Gasteiger partial charge in [0.1, 0.15) is 0 Å². The Bertz CT molecular complexity index is 23.0. The molecule has 0 radical (unpaired) electrons. The summed E-state index contributed by atoms with van der Waals surface area (Å²) in [5.74, 6) is 0. The van der Waals surface area contributed by atoms with E-state index in [1.165, 1.54) is 0 Å². The van der Waals surface area contributed by atoms with Crippen LogP contribution in [-0.4, -0.2) is 9.55 Å². The Hall–Kier alpha value is 2.42. The number of rotatable bonds is 0. The van der Waals surface area contributed by atoms with Crippen molar-refractivity contribution in [1.82, 2.24) is 0 Å². The van der Waals surface area contributed by atoms with Crippen molar-refractivity contribution in [3.63, 3.8) is 0 Å². The van der Waals surface area contributed by atoms with Crippen LogP contribution in [-0.2, 0) is 21.7 Å². The molecule has 0 rings (SSSR count). The first kappa shape index (κ1) is 11.2. The van der Waals surface area contributed by atoms with Crippen LogP contribution < -0.4 is 0 Å². The number of hydrogen-bond donors (Lipinski definition) is 0. The molecular weight excluding hydrogens is 262 g/mol. The van der Waals surface area contributed by atoms with E-state index < -0.39 is 9.55 Å². The summed E-state index contributed by atoms with van der Waals surface area (Å²) >= 11 is 0. The molecule has 0 spiro atoms. The molecule has 6 heteroatoms. The van der Waals surface area contributed by atoms with Gasteiger partial charge >= 0.3 is 49.6 Å². The van der Waals surface area contributed by atoms with Gasteiger partial charge in [-0.3, -0.25) is 0 Å². The maximum absolute atomic E-state index is 5.01. The van der Waals surface area contributed by atoms with Gasteiger partial charge in [0.15, 0.2) is 0 Å². The minimum atomic E-state index is -3.11. The number of hydrogen-bond acceptors (Lipinski definition) is 0. The van der Waals surface area contributed by atoms with E-state index in [1.54, 1.807) is 0 Å². The van der Waals surface area contributed by atoms with Crippen LogP contribution in [0.4, 0.5) is 0 Å². The maximum atomic E-state index is 5.01. The van der Waals surface area contributed by atoms with Gasteiger partial charge in [-0.2, -0.15) is 0 Å². The smallest absolute Gasteiger partial charge is 0 e. The van der Waals surface area contributed by atoms with Crippen LogP contribution in [0.25, 0.3) is 0 Å². The average Bonchev–Trinajstić information content (AvgIpc) is 0.722. The Morgan fingerprint density at radius 2 is 0.833 bits per heavy atom. The summed E-state index contributed by atoms with van der Waals surface area (Å²) in [6, 6.07) is 0. The average molecular weight is 262 g/mol. The van der Waals surface area contributed by atoms with Crippen molar-refractivity contribution in [2.24, 2.45) is 0 Å². The molecule has 0 atom stereocenters. The molecule has 0 fully saturated rings. The first-order chi connectivity index (χ1) is 2.00. The summed E-state index contributed by atoms with van der Waals surface area (Å²) in [6.45, 7) is 0. The van der Waals surface area contributed by atoms with Crippen molar-refractivity contribution in [2.45, 2.75) is 0 Å². The van der Waals surface area contributed by atoms with E-state index >= 15 is 0 Å². The van der Waals surface area contributed by atoms with Crippen LogP contribution >= 0.6 is 40.0 Å². The molecule has 0 aromatic rings. The molecule has 0 N–H and O–H groups in total. The second kappa shape index (κ2) is 4.31. The number of halogens is 4. The van der Waals surface area contributed by atoms with Crippen LogP contribution in [0.1, 0.15) is 0 Å². The predicted octanol–water partition coefficient (Wildman–Crippen LogP) is 2.37. The molecule has 0 amide bonds. The van der Waals surface area contributed by atoms with Gasteiger partial charge in [0, 0.05) is 21.7 Å². The Morgan fingerprint density at radius 1 is 0.833 bits per heavy atom. The van der Waals surface area contributed by atoms with Gasteiger partial charge < -0.3 is 0 Å². The van der Waals surface area contributed by atoms with E-state index in [1.807, 2.05) is 0 Å². The molecule has 0 unspecified atom stereocenters. The molecule has 0 bridgehead atoms. The molecule has 36 valence electrons. The van der Waals surface area contributed by atoms with Crippen LogP contribution in [0.5, 0.6) is 0 Å². The van der Waals surface area contributed by atoms with Gasteiger partial charge in [0.25, 0.3) is 0 Å². The SMILES string of the molecule is [Cl][Ge]([Cl])([Cl])[Cl].[Ti]. The van der Waals surface area contributed by atoms with Crippen molar-refractivity contribution in [3.05, 3.63) is 0 Å². The third kappa shape index (κ3) is 32.2. The molecule has 0 aliphatic rings. The second-order valence-electron chi connectivity index (χ2n) is 0.429. The minimum Gasteiger partial charge on any atom is 0 e. The van der Waals surface area contributed by atoms with E-state index in [-0.39, 0.29) is 21.7 Å². The van der Waals surface area contributed by atoms with Crippen LogP contribution in [0.15, 0.2) is 0 Å². The molecule has 0 nitrogen and oxygen atoms in total. The van der Waals surface area contributed by atoms with Crippen LogP contribution in [0.3, 0.4) is 0 Å². The van der Waals surface area contributed by atoms with E-state index in [0.29, 0.717) is 0 Å². The molecule has 0 saturated carbocycles. The molecular formula is Cl4GeTi. The Morgan fingerprint density at radius 3 is 0.833 bits per heavy atom. The van der Waals surface area contributed by atoms with E-state index in [9.17, 15) is 0 Å². The Labute approximate surface area is 70.4 Å². The van der Waals surface area contributed by atoms with Gasteiger partial charge in [0.05, 0.1) is 0 Å². The van der Waals surface area contributed by atoms with Crippen molar-refractivity contribution in [1.29, 1.82) is 0 Å². The van der Waals surface area contributed by atoms with Crippen LogP contribution in [0, 0.1) is 0 Å². The quantitative estimate of drug-likeness (QED) is 0.588. The van der Waals surface area contributed by atoms with Crippen LogP contribution in [0.2, 0.25) is 0 Å². The maximum Gasteiger partial charge on any atom is 0 e. The Kier molecular flexibility index (Phi) is 8.08. The van der Waals surface area contributed by atoms with Gasteiger partial charge in [-0.1, -0.05) is 0 Å². The summed E-state index contributed by atoms with van der Waals surface area (Å²) in [4.78, 5) is 0. The van der Waals surface area contributed by atoms with Crippen molar-refractivity contribution < 1.29 is 21.7 Å². The standard InChI is InChI=1S/Cl4Ge.Ti/c1-5(2,3)4;. The normalized spacial score (nSPS) is 10.0. The van der Waals surface area contributed by atoms with Gasteiger partial charge in [-0.25, -0.2) is 0 Å². The summed E-state index contributed by atoms with van der Waals surface area (Å²) < 4.78 is 0. The summed E-state index contributed by atoms with van der Waals surface area (Å²) in [5, 5.41) is 0. The zero-order valence-electron chi connectivity index (χ0n) is 2.51. The molecule has 0 aliphatic heterocycles. The predicted molar refractivity (Wildman–Crippen MR) is 29.2 cm³/mol. The summed E-state index contributed by atoms with van der Waals surface area (Å²) in [5.41, 5.74) is 0. The fourth-order valence-corrected chi connectivity index (χ4v) is 0.